The summed E-state index contributed by atoms with van der Waals surface area (Å²) in [6, 6.07) is 1.95. The van der Waals surface area contributed by atoms with Crippen molar-refractivity contribution in [2.45, 2.75) is 47.1 Å². The first kappa shape index (κ1) is 17.2. The van der Waals surface area contributed by atoms with Gasteiger partial charge in [-0.05, 0) is 54.8 Å². The predicted octanol–water partition coefficient (Wildman–Crippen LogP) is 4.34. The summed E-state index contributed by atoms with van der Waals surface area (Å²) in [6.07, 6.45) is 2.31. The Bertz CT molecular complexity index is 400. The van der Waals surface area contributed by atoms with Gasteiger partial charge in [-0.25, -0.2) is 4.79 Å². The second-order valence-corrected chi connectivity index (χ2v) is 7.14. The highest BCUT2D eigenvalue weighted by Crippen LogP contribution is 2.20. The molecule has 0 unspecified atom stereocenters. The second kappa shape index (κ2) is 8.42. The summed E-state index contributed by atoms with van der Waals surface area (Å²) in [5, 5.41) is 11.1. The average molecular weight is 297 g/mol. The number of carbonyl (C=O) groups is 1. The molecule has 0 fully saturated rings. The van der Waals surface area contributed by atoms with E-state index >= 15 is 0 Å². The molecule has 0 bridgehead atoms. The summed E-state index contributed by atoms with van der Waals surface area (Å²) < 4.78 is 0. The van der Waals surface area contributed by atoms with Crippen LogP contribution in [0.3, 0.4) is 0 Å². The van der Waals surface area contributed by atoms with E-state index in [1.807, 2.05) is 11.4 Å². The van der Waals surface area contributed by atoms with E-state index in [0.29, 0.717) is 16.7 Å². The van der Waals surface area contributed by atoms with Gasteiger partial charge in [0.15, 0.2) is 0 Å². The molecule has 4 heteroatoms. The Morgan fingerprint density at radius 3 is 2.20 bits per heavy atom. The van der Waals surface area contributed by atoms with E-state index in [1.165, 1.54) is 11.3 Å². The van der Waals surface area contributed by atoms with Gasteiger partial charge in [0.05, 0.1) is 0 Å². The van der Waals surface area contributed by atoms with Gasteiger partial charge in [-0.3, -0.25) is 4.90 Å². The molecule has 0 saturated heterocycles. The van der Waals surface area contributed by atoms with Crippen LogP contribution < -0.4 is 0 Å². The van der Waals surface area contributed by atoms with Gasteiger partial charge < -0.3 is 5.11 Å². The lowest BCUT2D eigenvalue weighted by atomic mass is 10.1. The maximum absolute atomic E-state index is 11.2. The molecule has 0 saturated carbocycles. The molecule has 0 spiro atoms. The van der Waals surface area contributed by atoms with Crippen molar-refractivity contribution in [3.63, 3.8) is 0 Å². The monoisotopic (exact) mass is 297 g/mol. The Labute approximate surface area is 126 Å². The number of carboxylic acids is 1. The van der Waals surface area contributed by atoms with Gasteiger partial charge in [0.25, 0.3) is 0 Å². The number of hydrogen-bond donors (Lipinski definition) is 1. The Balaban J connectivity index is 2.66. The summed E-state index contributed by atoms with van der Waals surface area (Å²) in [4.78, 5) is 14.1. The first-order chi connectivity index (χ1) is 9.40. The molecule has 0 amide bonds. The van der Waals surface area contributed by atoms with Crippen LogP contribution in [-0.4, -0.2) is 29.1 Å². The van der Waals surface area contributed by atoms with Crippen LogP contribution in [0, 0.1) is 11.8 Å². The molecular formula is C16H27NO2S. The fourth-order valence-corrected chi connectivity index (χ4v) is 2.79. The van der Waals surface area contributed by atoms with Crippen molar-refractivity contribution in [1.29, 1.82) is 0 Å². The summed E-state index contributed by atoms with van der Waals surface area (Å²) in [7, 11) is 0. The summed E-state index contributed by atoms with van der Waals surface area (Å²) in [6.45, 7) is 11.8. The number of nitrogens with zero attached hydrogens (tertiary/aromatic N) is 1. The smallest absolute Gasteiger partial charge is 0.346 e. The second-order valence-electron chi connectivity index (χ2n) is 6.22. The van der Waals surface area contributed by atoms with Crippen molar-refractivity contribution < 1.29 is 9.90 Å². The van der Waals surface area contributed by atoms with E-state index in [1.54, 1.807) is 0 Å². The number of carboxylic acid groups (broad SMARTS) is 1. The minimum Gasteiger partial charge on any atom is -0.477 e. The van der Waals surface area contributed by atoms with E-state index in [2.05, 4.69) is 32.6 Å². The number of rotatable bonds is 9. The van der Waals surface area contributed by atoms with Gasteiger partial charge in [0.1, 0.15) is 4.88 Å². The molecule has 20 heavy (non-hydrogen) atoms. The minimum atomic E-state index is -0.803. The zero-order chi connectivity index (χ0) is 15.1. The van der Waals surface area contributed by atoms with Crippen LogP contribution in [0.1, 0.15) is 55.8 Å². The highest BCUT2D eigenvalue weighted by Gasteiger charge is 2.15. The van der Waals surface area contributed by atoms with Crippen LogP contribution in [-0.2, 0) is 6.54 Å². The van der Waals surface area contributed by atoms with Crippen LogP contribution >= 0.6 is 11.3 Å². The lowest BCUT2D eigenvalue weighted by molar-refractivity contribution is 0.0699. The number of thiophene rings is 1. The van der Waals surface area contributed by atoms with Gasteiger partial charge >= 0.3 is 5.97 Å². The molecule has 0 aliphatic rings. The third-order valence-electron chi connectivity index (χ3n) is 3.38. The summed E-state index contributed by atoms with van der Waals surface area (Å²) >= 11 is 1.32. The lowest BCUT2D eigenvalue weighted by Gasteiger charge is -2.24. The first-order valence-electron chi connectivity index (χ1n) is 7.42. The molecule has 1 aromatic rings. The van der Waals surface area contributed by atoms with Crippen molar-refractivity contribution in [1.82, 2.24) is 4.90 Å². The van der Waals surface area contributed by atoms with Crippen LogP contribution in [0.4, 0.5) is 0 Å². The summed E-state index contributed by atoms with van der Waals surface area (Å²) in [5.41, 5.74) is 0.954. The van der Waals surface area contributed by atoms with Gasteiger partial charge in [-0.1, -0.05) is 27.7 Å². The van der Waals surface area contributed by atoms with E-state index in [-0.39, 0.29) is 0 Å². The quantitative estimate of drug-likeness (QED) is 0.737. The van der Waals surface area contributed by atoms with Crippen LogP contribution in [0.25, 0.3) is 0 Å². The van der Waals surface area contributed by atoms with Gasteiger partial charge in [0, 0.05) is 6.54 Å². The Morgan fingerprint density at radius 1 is 1.20 bits per heavy atom. The topological polar surface area (TPSA) is 40.5 Å². The van der Waals surface area contributed by atoms with Gasteiger partial charge in [-0.2, -0.15) is 0 Å². The lowest BCUT2D eigenvalue weighted by Crippen LogP contribution is -2.27. The van der Waals surface area contributed by atoms with Gasteiger partial charge in [0.2, 0.25) is 0 Å². The average Bonchev–Trinajstić information content (AvgIpc) is 2.80. The molecule has 0 aliphatic heterocycles. The molecule has 114 valence electrons. The SMILES string of the molecule is CC(C)CCN(CCC(C)C)Cc1ccsc1C(=O)O. The molecule has 0 aliphatic carbocycles. The molecule has 3 nitrogen and oxygen atoms in total. The minimum absolute atomic E-state index is 0.490. The third kappa shape index (κ3) is 6.06. The largest absolute Gasteiger partial charge is 0.477 e. The maximum atomic E-state index is 11.2. The van der Waals surface area contributed by atoms with Gasteiger partial charge in [-0.15, -0.1) is 11.3 Å². The Kier molecular flexibility index (Phi) is 7.24. The molecule has 0 aromatic carbocycles. The summed E-state index contributed by atoms with van der Waals surface area (Å²) in [5.74, 6) is 0.554. The third-order valence-corrected chi connectivity index (χ3v) is 4.32. The van der Waals surface area contributed by atoms with Crippen molar-refractivity contribution >= 4 is 17.3 Å². The zero-order valence-corrected chi connectivity index (χ0v) is 13.9. The maximum Gasteiger partial charge on any atom is 0.346 e. The predicted molar refractivity (Wildman–Crippen MR) is 85.5 cm³/mol. The van der Waals surface area contributed by atoms with Crippen LogP contribution in [0.15, 0.2) is 11.4 Å². The van der Waals surface area contributed by atoms with Crippen LogP contribution in [0.2, 0.25) is 0 Å². The highest BCUT2D eigenvalue weighted by atomic mass is 32.1. The first-order valence-corrected chi connectivity index (χ1v) is 8.30. The zero-order valence-electron chi connectivity index (χ0n) is 13.1. The number of hydrogen-bond acceptors (Lipinski definition) is 3. The standard InChI is InChI=1S/C16H27NO2S/c1-12(2)5-8-17(9-6-13(3)4)11-14-7-10-20-15(14)16(18)19/h7,10,12-13H,5-6,8-9,11H2,1-4H3,(H,18,19). The van der Waals surface area contributed by atoms with E-state index in [4.69, 9.17) is 0 Å². The molecule has 1 aromatic heterocycles. The fourth-order valence-electron chi connectivity index (χ4n) is 2.04. The molecule has 1 rings (SSSR count). The fraction of sp³-hybridized carbons (Fsp3) is 0.688. The Hall–Kier alpha value is -0.870. The molecule has 0 atom stereocenters. The molecular weight excluding hydrogens is 270 g/mol. The van der Waals surface area contributed by atoms with E-state index in [9.17, 15) is 9.90 Å². The van der Waals surface area contributed by atoms with Crippen molar-refractivity contribution in [2.24, 2.45) is 11.8 Å². The van der Waals surface area contributed by atoms with Crippen molar-refractivity contribution in [3.8, 4) is 0 Å². The Morgan fingerprint density at radius 2 is 1.75 bits per heavy atom. The van der Waals surface area contributed by atoms with E-state index < -0.39 is 5.97 Å². The van der Waals surface area contributed by atoms with Crippen molar-refractivity contribution in [2.75, 3.05) is 13.1 Å². The molecule has 1 heterocycles. The molecule has 1 N–H and O–H groups in total. The highest BCUT2D eigenvalue weighted by molar-refractivity contribution is 7.12. The van der Waals surface area contributed by atoms with E-state index in [0.717, 1.165) is 38.0 Å². The molecule has 0 radical (unpaired) electrons. The number of aromatic carboxylic acids is 1. The normalized spacial score (nSPS) is 11.8. The van der Waals surface area contributed by atoms with Crippen molar-refractivity contribution in [3.05, 3.63) is 21.9 Å². The van der Waals surface area contributed by atoms with Crippen LogP contribution in [0.5, 0.6) is 0 Å².